The molecule has 0 aromatic rings. The van der Waals surface area contributed by atoms with Crippen LogP contribution in [0.15, 0.2) is 24.3 Å². The van der Waals surface area contributed by atoms with Gasteiger partial charge in [-0.25, -0.2) is 0 Å². The van der Waals surface area contributed by atoms with E-state index in [0.717, 1.165) is 141 Å². The van der Waals surface area contributed by atoms with E-state index in [4.69, 9.17) is 23.7 Å². The fourth-order valence-corrected chi connectivity index (χ4v) is 12.9. The molecule has 0 saturated carbocycles. The number of aliphatic hydroxyl groups is 8. The Labute approximate surface area is 555 Å². The molecule has 2 heterocycles. The van der Waals surface area contributed by atoms with E-state index in [1.54, 1.807) is 0 Å². The fourth-order valence-electron chi connectivity index (χ4n) is 12.9. The van der Waals surface area contributed by atoms with Crippen molar-refractivity contribution in [2.24, 2.45) is 11.8 Å². The molecule has 2 saturated heterocycles. The van der Waals surface area contributed by atoms with Gasteiger partial charge in [-0.1, -0.05) is 296 Å². The molecule has 15 heteroatoms. The van der Waals surface area contributed by atoms with Crippen LogP contribution < -0.4 is 0 Å². The van der Waals surface area contributed by atoms with Gasteiger partial charge >= 0.3 is 11.9 Å². The van der Waals surface area contributed by atoms with Gasteiger partial charge in [0.15, 0.2) is 12.6 Å². The lowest BCUT2D eigenvalue weighted by molar-refractivity contribution is -0.376. The van der Waals surface area contributed by atoms with Gasteiger partial charge in [-0.05, 0) is 77.0 Å². The monoisotopic (exact) mass is 1300 g/mol. The van der Waals surface area contributed by atoms with Crippen molar-refractivity contribution in [2.75, 3.05) is 13.2 Å². The summed E-state index contributed by atoms with van der Waals surface area (Å²) in [4.78, 5) is 27.9. The van der Waals surface area contributed by atoms with E-state index in [1.165, 1.54) is 154 Å². The summed E-state index contributed by atoms with van der Waals surface area (Å²) >= 11 is 0. The predicted octanol–water partition coefficient (Wildman–Crippen LogP) is 16.4. The number of ether oxygens (including phenoxy) is 5. The standard InChI is InChI=1S/C76H142O15/c1-5-9-13-17-21-25-29-33-37-41-45-49-53-57-63(77)61(55-51-47-43-39-35-31-27-23-19-15-11-7-3)73(85)87-59-65-67(79)69(81)71(83)75(89-65)91-76-72(84)70(82)68(80)66(90-76)60-88-74(86)62(56-52-48-44-40-36-32-28-24-20-16-12-8-4)64(78)58-54-50-46-42-38-34-30-26-22-18-14-10-6-2/h25-26,29-30,61-72,75-84H,5-24,27-28,31-60H2,1-4H3/b29-25+,30-26+/t61?,62?,63?,64?,65-,66-,67-,68-,69+,70+,71-,72-,75-,76-/m1/s1. The minimum atomic E-state index is -1.90. The normalized spacial score (nSPS) is 23.5. The predicted molar refractivity (Wildman–Crippen MR) is 367 cm³/mol. The molecular weight excluding hydrogens is 1150 g/mol. The van der Waals surface area contributed by atoms with E-state index in [2.05, 4.69) is 52.0 Å². The van der Waals surface area contributed by atoms with E-state index in [-0.39, 0.29) is 0 Å². The van der Waals surface area contributed by atoms with Gasteiger partial charge in [0.25, 0.3) is 0 Å². The molecule has 91 heavy (non-hydrogen) atoms. The number of esters is 2. The Morgan fingerprint density at radius 3 is 0.824 bits per heavy atom. The van der Waals surface area contributed by atoms with Gasteiger partial charge < -0.3 is 64.5 Å². The number of unbranched alkanes of at least 4 members (excludes halogenated alkanes) is 40. The van der Waals surface area contributed by atoms with E-state index >= 15 is 0 Å². The average molecular weight is 1300 g/mol. The molecule has 8 N–H and O–H groups in total. The summed E-state index contributed by atoms with van der Waals surface area (Å²) in [5.74, 6) is -2.97. The van der Waals surface area contributed by atoms with Crippen LogP contribution in [0.25, 0.3) is 0 Å². The maximum Gasteiger partial charge on any atom is 0.311 e. The molecule has 2 fully saturated rings. The second kappa shape index (κ2) is 58.2. The Balaban J connectivity index is 2.05. The maximum atomic E-state index is 13.9. The first-order valence-corrected chi connectivity index (χ1v) is 38.4. The molecule has 0 radical (unpaired) electrons. The summed E-state index contributed by atoms with van der Waals surface area (Å²) in [7, 11) is 0. The van der Waals surface area contributed by atoms with E-state index in [1.807, 2.05) is 0 Å². The number of carbonyl (C=O) groups excluding carboxylic acids is 2. The van der Waals surface area contributed by atoms with Crippen LogP contribution in [0.4, 0.5) is 0 Å². The number of carbonyl (C=O) groups is 2. The van der Waals surface area contributed by atoms with Gasteiger partial charge in [-0.15, -0.1) is 0 Å². The molecule has 0 bridgehead atoms. The molecule has 15 nitrogen and oxygen atoms in total. The number of aliphatic hydroxyl groups excluding tert-OH is 8. The van der Waals surface area contributed by atoms with Crippen molar-refractivity contribution < 1.29 is 74.1 Å². The van der Waals surface area contributed by atoms with Gasteiger partial charge in [0.05, 0.1) is 24.0 Å². The van der Waals surface area contributed by atoms with Crippen molar-refractivity contribution in [1.29, 1.82) is 0 Å². The first kappa shape index (κ1) is 85.1. The molecule has 2 rings (SSSR count). The molecule has 2 aliphatic rings. The highest BCUT2D eigenvalue weighted by molar-refractivity contribution is 5.73. The number of rotatable bonds is 62. The van der Waals surface area contributed by atoms with Crippen LogP contribution in [0.3, 0.4) is 0 Å². The Morgan fingerprint density at radius 1 is 0.319 bits per heavy atom. The Morgan fingerprint density at radius 2 is 0.549 bits per heavy atom. The molecule has 0 spiro atoms. The van der Waals surface area contributed by atoms with Crippen molar-refractivity contribution in [3.63, 3.8) is 0 Å². The highest BCUT2D eigenvalue weighted by Gasteiger charge is 2.50. The number of allylic oxidation sites excluding steroid dienone is 4. The zero-order chi connectivity index (χ0) is 66.4. The van der Waals surface area contributed by atoms with Crippen LogP contribution in [0.2, 0.25) is 0 Å². The third-order valence-corrected chi connectivity index (χ3v) is 19.2. The van der Waals surface area contributed by atoms with E-state index < -0.39 is 111 Å². The summed E-state index contributed by atoms with van der Waals surface area (Å²) in [5.41, 5.74) is 0. The lowest BCUT2D eigenvalue weighted by Crippen LogP contribution is -2.64. The largest absolute Gasteiger partial charge is 0.463 e. The molecule has 4 unspecified atom stereocenters. The van der Waals surface area contributed by atoms with Crippen LogP contribution in [0, 0.1) is 11.8 Å². The minimum absolute atomic E-state index is 0.420. The van der Waals surface area contributed by atoms with Gasteiger partial charge in [-0.3, -0.25) is 9.59 Å². The first-order valence-electron chi connectivity index (χ1n) is 38.4. The van der Waals surface area contributed by atoms with Gasteiger partial charge in [0.1, 0.15) is 62.0 Å². The average Bonchev–Trinajstić information content (AvgIpc) is 1.06. The third-order valence-electron chi connectivity index (χ3n) is 19.2. The SMILES string of the molecule is CCCCCC/C=C/CCCCCCCC(O)C(CCCCCCCCCCCCCC)C(=O)OC[C@H]1O[C@H](O[C@H]2O[C@H](COC(=O)C(CCCCCCCCCCCCCC)C(O)CCCCCCC/C=C/CCCCCC)[C@@H](O)[C@H](O)[C@H]2O)[C@H](O)[C@@H](O)[C@@H]1O. The molecular formula is C76H142O15. The molecule has 0 aromatic carbocycles. The first-order chi connectivity index (χ1) is 44.3. The van der Waals surface area contributed by atoms with Crippen molar-refractivity contribution in [3.8, 4) is 0 Å². The van der Waals surface area contributed by atoms with Gasteiger partial charge in [0.2, 0.25) is 0 Å². The summed E-state index contributed by atoms with van der Waals surface area (Å²) in [5, 5.41) is 89.7. The topological polar surface area (TPSA) is 242 Å². The Bertz CT molecular complexity index is 1600. The van der Waals surface area contributed by atoms with Gasteiger partial charge in [0, 0.05) is 0 Å². The van der Waals surface area contributed by atoms with Crippen LogP contribution in [0.5, 0.6) is 0 Å². The highest BCUT2D eigenvalue weighted by Crippen LogP contribution is 2.31. The second-order valence-electron chi connectivity index (χ2n) is 27.5. The molecule has 536 valence electrons. The Hall–Kier alpha value is -2.02. The summed E-state index contributed by atoms with van der Waals surface area (Å²) in [6, 6.07) is 0. The smallest absolute Gasteiger partial charge is 0.311 e. The molecule has 0 aliphatic carbocycles. The maximum absolute atomic E-state index is 13.9. The molecule has 14 atom stereocenters. The quantitative estimate of drug-likeness (QED) is 0.0160. The van der Waals surface area contributed by atoms with Crippen molar-refractivity contribution in [1.82, 2.24) is 0 Å². The lowest BCUT2D eigenvalue weighted by atomic mass is 9.91. The molecule has 0 amide bonds. The molecule has 2 aliphatic heterocycles. The zero-order valence-electron chi connectivity index (χ0n) is 58.6. The van der Waals surface area contributed by atoms with E-state index in [0.29, 0.717) is 25.7 Å². The van der Waals surface area contributed by atoms with Crippen LogP contribution in [0.1, 0.15) is 349 Å². The van der Waals surface area contributed by atoms with E-state index in [9.17, 15) is 50.4 Å². The van der Waals surface area contributed by atoms with Crippen molar-refractivity contribution in [2.45, 2.75) is 422 Å². The Kier molecular flexibility index (Phi) is 54.4. The number of hydrogen-bond acceptors (Lipinski definition) is 15. The second-order valence-corrected chi connectivity index (χ2v) is 27.5. The summed E-state index contributed by atoms with van der Waals surface area (Å²) < 4.78 is 29.2. The highest BCUT2D eigenvalue weighted by atomic mass is 16.8. The van der Waals surface area contributed by atoms with Crippen molar-refractivity contribution in [3.05, 3.63) is 24.3 Å². The fraction of sp³-hybridized carbons (Fsp3) is 0.921. The zero-order valence-corrected chi connectivity index (χ0v) is 58.6. The van der Waals surface area contributed by atoms with Crippen LogP contribution >= 0.6 is 0 Å². The minimum Gasteiger partial charge on any atom is -0.463 e. The van der Waals surface area contributed by atoms with Crippen molar-refractivity contribution >= 4 is 11.9 Å². The number of hydrogen-bond donors (Lipinski definition) is 8. The summed E-state index contributed by atoms with van der Waals surface area (Å²) in [6.45, 7) is 7.80. The molecule has 0 aromatic heterocycles. The summed E-state index contributed by atoms with van der Waals surface area (Å²) in [6.07, 6.45) is 43.9. The lowest BCUT2D eigenvalue weighted by Gasteiger charge is -2.44. The third kappa shape index (κ3) is 41.0. The van der Waals surface area contributed by atoms with Crippen LogP contribution in [-0.4, -0.2) is 140 Å². The van der Waals surface area contributed by atoms with Gasteiger partial charge in [-0.2, -0.15) is 0 Å². The van der Waals surface area contributed by atoms with Crippen LogP contribution in [-0.2, 0) is 33.3 Å².